The smallest absolute Gasteiger partial charge is 0.252 e. The molecule has 0 saturated heterocycles. The Morgan fingerprint density at radius 1 is 1.40 bits per heavy atom. The van der Waals surface area contributed by atoms with Gasteiger partial charge in [-0.15, -0.1) is 0 Å². The first-order valence-corrected chi connectivity index (χ1v) is 4.48. The molecular weight excluding hydrogens is 206 g/mol. The van der Waals surface area contributed by atoms with Gasteiger partial charge in [0.05, 0.1) is 6.61 Å². The Morgan fingerprint density at radius 3 is 2.13 bits per heavy atom. The van der Waals surface area contributed by atoms with E-state index < -0.39 is 36.4 Å². The van der Waals surface area contributed by atoms with E-state index in [2.05, 4.69) is 0 Å². The van der Waals surface area contributed by atoms with E-state index in [0.717, 1.165) is 0 Å². The van der Waals surface area contributed by atoms with Gasteiger partial charge in [0.1, 0.15) is 18.3 Å². The van der Waals surface area contributed by atoms with Gasteiger partial charge in [-0.1, -0.05) is 6.92 Å². The van der Waals surface area contributed by atoms with E-state index in [-0.39, 0.29) is 6.42 Å². The van der Waals surface area contributed by atoms with Crippen LogP contribution in [0.4, 0.5) is 0 Å². The van der Waals surface area contributed by atoms with Crippen LogP contribution in [0.1, 0.15) is 13.3 Å². The van der Waals surface area contributed by atoms with Crippen LogP contribution in [0.15, 0.2) is 0 Å². The standard InChI is InChI=1S/C8H17NO6/c1-2-8(15,7(9)14)6(13)5(12)4(11)3-10/h4-6,10-13,15H,2-3H2,1H3,(H2,9,14)/t4-,5-,6+,8-/m1/s1. The molecule has 1 amide bonds. The van der Waals surface area contributed by atoms with Crippen molar-refractivity contribution in [2.45, 2.75) is 37.3 Å². The number of aliphatic hydroxyl groups is 5. The molecular formula is C8H17NO6. The second kappa shape index (κ2) is 5.38. The molecule has 0 spiro atoms. The van der Waals surface area contributed by atoms with Crippen LogP contribution in [-0.2, 0) is 4.79 Å². The van der Waals surface area contributed by atoms with Crippen molar-refractivity contribution in [3.8, 4) is 0 Å². The van der Waals surface area contributed by atoms with Crippen LogP contribution in [0, 0.1) is 0 Å². The Hall–Kier alpha value is -0.730. The molecule has 0 aromatic heterocycles. The summed E-state index contributed by atoms with van der Waals surface area (Å²) in [5.41, 5.74) is 2.53. The van der Waals surface area contributed by atoms with Gasteiger partial charge in [0, 0.05) is 0 Å². The fourth-order valence-corrected chi connectivity index (χ4v) is 1.13. The average molecular weight is 223 g/mol. The highest BCUT2D eigenvalue weighted by Gasteiger charge is 2.45. The summed E-state index contributed by atoms with van der Waals surface area (Å²) < 4.78 is 0. The molecule has 0 aromatic rings. The van der Waals surface area contributed by atoms with Crippen molar-refractivity contribution < 1.29 is 30.3 Å². The second-order valence-corrected chi connectivity index (χ2v) is 3.33. The van der Waals surface area contributed by atoms with Gasteiger partial charge >= 0.3 is 0 Å². The SMILES string of the molecule is CC[C@](O)(C(N)=O)[C@@H](O)[C@H](O)[C@H](O)CO. The van der Waals surface area contributed by atoms with Gasteiger partial charge in [0.25, 0.3) is 5.91 Å². The van der Waals surface area contributed by atoms with E-state index in [1.807, 2.05) is 0 Å². The van der Waals surface area contributed by atoms with Gasteiger partial charge in [-0.2, -0.15) is 0 Å². The van der Waals surface area contributed by atoms with E-state index in [4.69, 9.17) is 15.9 Å². The number of carbonyl (C=O) groups is 1. The molecule has 90 valence electrons. The molecule has 15 heavy (non-hydrogen) atoms. The molecule has 4 atom stereocenters. The first-order valence-electron chi connectivity index (χ1n) is 4.48. The summed E-state index contributed by atoms with van der Waals surface area (Å²) in [4.78, 5) is 10.9. The van der Waals surface area contributed by atoms with Crippen LogP contribution >= 0.6 is 0 Å². The number of amides is 1. The van der Waals surface area contributed by atoms with Gasteiger partial charge < -0.3 is 31.3 Å². The van der Waals surface area contributed by atoms with E-state index in [0.29, 0.717) is 0 Å². The Morgan fingerprint density at radius 2 is 1.87 bits per heavy atom. The van der Waals surface area contributed by atoms with E-state index in [1.165, 1.54) is 6.92 Å². The molecule has 0 saturated carbocycles. The summed E-state index contributed by atoms with van der Waals surface area (Å²) in [6.45, 7) is 0.572. The zero-order valence-corrected chi connectivity index (χ0v) is 8.37. The third kappa shape index (κ3) is 2.86. The first kappa shape index (κ1) is 14.3. The molecule has 0 unspecified atom stereocenters. The predicted molar refractivity (Wildman–Crippen MR) is 49.5 cm³/mol. The first-order chi connectivity index (χ1) is 6.81. The normalized spacial score (nSPS) is 21.5. The Labute approximate surface area is 86.8 Å². The molecule has 0 fully saturated rings. The zero-order chi connectivity index (χ0) is 12.2. The van der Waals surface area contributed by atoms with Crippen molar-refractivity contribution in [3.63, 3.8) is 0 Å². The minimum atomic E-state index is -2.32. The highest BCUT2D eigenvalue weighted by molar-refractivity contribution is 5.83. The largest absolute Gasteiger partial charge is 0.394 e. The molecule has 0 aliphatic carbocycles. The van der Waals surface area contributed by atoms with Crippen LogP contribution in [0.3, 0.4) is 0 Å². The monoisotopic (exact) mass is 223 g/mol. The van der Waals surface area contributed by atoms with Crippen molar-refractivity contribution in [1.82, 2.24) is 0 Å². The lowest BCUT2D eigenvalue weighted by Gasteiger charge is -2.33. The Bertz CT molecular complexity index is 223. The number of nitrogens with two attached hydrogens (primary N) is 1. The van der Waals surface area contributed by atoms with Crippen LogP contribution in [0.5, 0.6) is 0 Å². The van der Waals surface area contributed by atoms with Gasteiger partial charge in [-0.3, -0.25) is 4.79 Å². The van der Waals surface area contributed by atoms with Crippen molar-refractivity contribution in [2.24, 2.45) is 5.73 Å². The van der Waals surface area contributed by atoms with Gasteiger partial charge in [-0.25, -0.2) is 0 Å². The molecule has 7 N–H and O–H groups in total. The number of carbonyl (C=O) groups excluding carboxylic acids is 1. The maximum Gasteiger partial charge on any atom is 0.252 e. The molecule has 0 aliphatic heterocycles. The maximum absolute atomic E-state index is 10.9. The van der Waals surface area contributed by atoms with Gasteiger partial charge in [0.2, 0.25) is 0 Å². The second-order valence-electron chi connectivity index (χ2n) is 3.33. The number of primary amides is 1. The van der Waals surface area contributed by atoms with Crippen molar-refractivity contribution in [1.29, 1.82) is 0 Å². The number of aliphatic hydroxyl groups excluding tert-OH is 4. The lowest BCUT2D eigenvalue weighted by atomic mass is 9.87. The molecule has 0 radical (unpaired) electrons. The highest BCUT2D eigenvalue weighted by atomic mass is 16.4. The average Bonchev–Trinajstić information content (AvgIpc) is 2.24. The van der Waals surface area contributed by atoms with Gasteiger partial charge in [-0.05, 0) is 6.42 Å². The van der Waals surface area contributed by atoms with Crippen LogP contribution in [0.25, 0.3) is 0 Å². The molecule has 0 rings (SSSR count). The van der Waals surface area contributed by atoms with E-state index >= 15 is 0 Å². The summed E-state index contributed by atoms with van der Waals surface area (Å²) in [5, 5.41) is 45.8. The fraction of sp³-hybridized carbons (Fsp3) is 0.875. The van der Waals surface area contributed by atoms with Crippen molar-refractivity contribution >= 4 is 5.91 Å². The number of rotatable bonds is 6. The Kier molecular flexibility index (Phi) is 5.12. The summed E-state index contributed by atoms with van der Waals surface area (Å²) in [6, 6.07) is 0. The summed E-state index contributed by atoms with van der Waals surface area (Å²) in [7, 11) is 0. The molecule has 0 aromatic carbocycles. The van der Waals surface area contributed by atoms with Crippen molar-refractivity contribution in [3.05, 3.63) is 0 Å². The molecule has 7 nitrogen and oxygen atoms in total. The fourth-order valence-electron chi connectivity index (χ4n) is 1.13. The van der Waals surface area contributed by atoms with Crippen LogP contribution < -0.4 is 5.73 Å². The number of hydrogen-bond donors (Lipinski definition) is 6. The third-order valence-electron chi connectivity index (χ3n) is 2.36. The summed E-state index contributed by atoms with van der Waals surface area (Å²) in [5.74, 6) is -1.21. The minimum absolute atomic E-state index is 0.224. The predicted octanol–water partition coefficient (Wildman–Crippen LogP) is -3.31. The lowest BCUT2D eigenvalue weighted by molar-refractivity contribution is -0.174. The quantitative estimate of drug-likeness (QED) is 0.278. The highest BCUT2D eigenvalue weighted by Crippen LogP contribution is 2.19. The number of hydrogen-bond acceptors (Lipinski definition) is 6. The topological polar surface area (TPSA) is 144 Å². The van der Waals surface area contributed by atoms with Crippen LogP contribution in [-0.4, -0.2) is 62.0 Å². The zero-order valence-electron chi connectivity index (χ0n) is 8.37. The van der Waals surface area contributed by atoms with Gasteiger partial charge in [0.15, 0.2) is 5.60 Å². The molecule has 0 heterocycles. The van der Waals surface area contributed by atoms with E-state index in [1.54, 1.807) is 0 Å². The molecule has 7 heteroatoms. The van der Waals surface area contributed by atoms with Crippen molar-refractivity contribution in [2.75, 3.05) is 6.61 Å². The minimum Gasteiger partial charge on any atom is -0.394 e. The summed E-state index contributed by atoms with van der Waals surface area (Å²) in [6.07, 6.45) is -5.69. The maximum atomic E-state index is 10.9. The third-order valence-corrected chi connectivity index (χ3v) is 2.36. The van der Waals surface area contributed by atoms with Crippen LogP contribution in [0.2, 0.25) is 0 Å². The van der Waals surface area contributed by atoms with E-state index in [9.17, 15) is 20.1 Å². The summed E-state index contributed by atoms with van der Waals surface area (Å²) >= 11 is 0. The molecule has 0 aliphatic rings. The lowest BCUT2D eigenvalue weighted by Crippen LogP contribution is -2.59. The molecule has 0 bridgehead atoms. The Balaban J connectivity index is 4.79.